The first-order chi connectivity index (χ1) is 16.6. The average molecular weight is 557 g/mol. The highest BCUT2D eigenvalue weighted by atomic mass is 35.5. The molecule has 36 heavy (non-hydrogen) atoms. The van der Waals surface area contributed by atoms with E-state index in [0.29, 0.717) is 17.7 Å². The third-order valence-electron chi connectivity index (χ3n) is 5.88. The van der Waals surface area contributed by atoms with Crippen molar-refractivity contribution in [2.45, 2.75) is 69.0 Å². The number of carbonyl (C=O) groups is 2. The molecule has 2 aromatic rings. The first-order valence-electron chi connectivity index (χ1n) is 11.4. The zero-order valence-corrected chi connectivity index (χ0v) is 22.9. The molecule has 2 N–H and O–H groups in total. The Kier molecular flexibility index (Phi) is 8.30. The fourth-order valence-electron chi connectivity index (χ4n) is 4.15. The number of hydrogen-bond acceptors (Lipinski definition) is 5. The maximum Gasteiger partial charge on any atom is 0.326 e. The highest BCUT2D eigenvalue weighted by Gasteiger charge is 2.50. The number of carbonyl (C=O) groups excluding carboxylic acids is 1. The van der Waals surface area contributed by atoms with E-state index in [-0.39, 0.29) is 39.9 Å². The SMILES string of the molecule is CC(C)(C)Oc1ccc(C[C@H](NC(=O)[C@]2(C)CCCN2S(=O)(=O)c2cc(Cl)cc(Cl)c2)C(=O)O)cc1. The Morgan fingerprint density at radius 2 is 1.72 bits per heavy atom. The predicted molar refractivity (Wildman–Crippen MR) is 138 cm³/mol. The van der Waals surface area contributed by atoms with Crippen molar-refractivity contribution in [2.75, 3.05) is 6.54 Å². The number of nitrogens with one attached hydrogen (secondary N) is 1. The lowest BCUT2D eigenvalue weighted by Gasteiger charge is -2.34. The Morgan fingerprint density at radius 3 is 2.25 bits per heavy atom. The second-order valence-electron chi connectivity index (χ2n) is 9.99. The highest BCUT2D eigenvalue weighted by Crippen LogP contribution is 2.36. The Morgan fingerprint density at radius 1 is 1.14 bits per heavy atom. The molecule has 11 heteroatoms. The number of nitrogens with zero attached hydrogens (tertiary/aromatic N) is 1. The molecule has 1 heterocycles. The molecule has 8 nitrogen and oxygen atoms in total. The van der Waals surface area contributed by atoms with E-state index >= 15 is 0 Å². The average Bonchev–Trinajstić information content (AvgIpc) is 3.16. The van der Waals surface area contributed by atoms with Crippen molar-refractivity contribution in [2.24, 2.45) is 0 Å². The maximum atomic E-state index is 13.4. The molecule has 0 saturated carbocycles. The molecule has 0 aromatic heterocycles. The minimum atomic E-state index is -4.13. The first kappa shape index (κ1) is 28.2. The van der Waals surface area contributed by atoms with Gasteiger partial charge in [-0.1, -0.05) is 35.3 Å². The van der Waals surface area contributed by atoms with E-state index in [1.807, 2.05) is 20.8 Å². The van der Waals surface area contributed by atoms with Gasteiger partial charge >= 0.3 is 5.97 Å². The summed E-state index contributed by atoms with van der Waals surface area (Å²) in [5, 5.41) is 12.6. The van der Waals surface area contributed by atoms with E-state index in [2.05, 4.69) is 5.32 Å². The van der Waals surface area contributed by atoms with E-state index < -0.39 is 33.5 Å². The number of aliphatic carboxylic acids is 1. The van der Waals surface area contributed by atoms with Gasteiger partial charge in [0.25, 0.3) is 0 Å². The molecule has 3 rings (SSSR count). The van der Waals surface area contributed by atoms with Gasteiger partial charge < -0.3 is 15.2 Å². The summed E-state index contributed by atoms with van der Waals surface area (Å²) in [6, 6.07) is 9.65. The summed E-state index contributed by atoms with van der Waals surface area (Å²) < 4.78 is 33.7. The van der Waals surface area contributed by atoms with E-state index in [0.717, 1.165) is 4.31 Å². The molecule has 0 spiro atoms. The number of rotatable bonds is 8. The van der Waals surface area contributed by atoms with Crippen LogP contribution < -0.4 is 10.1 Å². The van der Waals surface area contributed by atoms with Crippen molar-refractivity contribution < 1.29 is 27.9 Å². The molecule has 1 aliphatic rings. The molecular weight excluding hydrogens is 527 g/mol. The fraction of sp³-hybridized carbons (Fsp3) is 0.440. The molecule has 1 aliphatic heterocycles. The van der Waals surface area contributed by atoms with Crippen LogP contribution in [-0.2, 0) is 26.0 Å². The molecule has 1 fully saturated rings. The summed E-state index contributed by atoms with van der Waals surface area (Å²) >= 11 is 12.0. The van der Waals surface area contributed by atoms with Crippen molar-refractivity contribution in [3.63, 3.8) is 0 Å². The quantitative estimate of drug-likeness (QED) is 0.494. The summed E-state index contributed by atoms with van der Waals surface area (Å²) in [6.45, 7) is 7.36. The zero-order valence-electron chi connectivity index (χ0n) is 20.5. The number of hydrogen-bond donors (Lipinski definition) is 2. The van der Waals surface area contributed by atoms with Gasteiger partial charge in [-0.15, -0.1) is 0 Å². The number of benzene rings is 2. The zero-order chi connectivity index (χ0) is 26.9. The van der Waals surface area contributed by atoms with Crippen molar-refractivity contribution in [1.82, 2.24) is 9.62 Å². The van der Waals surface area contributed by atoms with Gasteiger partial charge in [0.2, 0.25) is 15.9 Å². The number of halogens is 2. The fourth-order valence-corrected chi connectivity index (χ4v) is 6.69. The molecule has 196 valence electrons. The van der Waals surface area contributed by atoms with Crippen LogP contribution in [0.4, 0.5) is 0 Å². The van der Waals surface area contributed by atoms with Gasteiger partial charge in [-0.25, -0.2) is 13.2 Å². The second-order valence-corrected chi connectivity index (χ2v) is 12.7. The summed E-state index contributed by atoms with van der Waals surface area (Å²) in [7, 11) is -4.13. The van der Waals surface area contributed by atoms with E-state index in [9.17, 15) is 23.1 Å². The van der Waals surface area contributed by atoms with Crippen LogP contribution >= 0.6 is 23.2 Å². The molecule has 1 saturated heterocycles. The van der Waals surface area contributed by atoms with E-state index in [1.165, 1.54) is 25.1 Å². The number of amides is 1. The van der Waals surface area contributed by atoms with Crippen LogP contribution in [-0.4, -0.2) is 53.4 Å². The van der Waals surface area contributed by atoms with Crippen molar-refractivity contribution in [3.8, 4) is 5.75 Å². The monoisotopic (exact) mass is 556 g/mol. The van der Waals surface area contributed by atoms with Gasteiger partial charge in [0.15, 0.2) is 0 Å². The summed E-state index contributed by atoms with van der Waals surface area (Å²) in [5.74, 6) is -1.27. The summed E-state index contributed by atoms with van der Waals surface area (Å²) in [5.41, 5.74) is -1.18. The predicted octanol–water partition coefficient (Wildman–Crippen LogP) is 4.53. The number of sulfonamides is 1. The van der Waals surface area contributed by atoms with Gasteiger partial charge in [0, 0.05) is 23.0 Å². The number of ether oxygens (including phenoxy) is 1. The maximum absolute atomic E-state index is 13.4. The van der Waals surface area contributed by atoms with Gasteiger partial charge in [-0.2, -0.15) is 4.31 Å². The minimum absolute atomic E-state index is 0.0175. The van der Waals surface area contributed by atoms with Crippen LogP contribution in [0.25, 0.3) is 0 Å². The lowest BCUT2D eigenvalue weighted by atomic mass is 9.97. The van der Waals surface area contributed by atoms with E-state index in [1.54, 1.807) is 24.3 Å². The van der Waals surface area contributed by atoms with E-state index in [4.69, 9.17) is 27.9 Å². The molecule has 2 atom stereocenters. The molecule has 1 amide bonds. The Hall–Kier alpha value is -2.33. The van der Waals surface area contributed by atoms with Gasteiger partial charge in [-0.3, -0.25) is 4.79 Å². The molecule has 0 unspecified atom stereocenters. The number of carboxylic acids is 1. The third kappa shape index (κ3) is 6.51. The van der Waals surface area contributed by atoms with Crippen LogP contribution in [0.2, 0.25) is 10.0 Å². The van der Waals surface area contributed by atoms with Gasteiger partial charge in [0.05, 0.1) is 4.90 Å². The molecule has 0 radical (unpaired) electrons. The summed E-state index contributed by atoms with van der Waals surface area (Å²) in [4.78, 5) is 25.2. The standard InChI is InChI=1S/C25H30Cl2N2O6S/c1-24(2,3)35-19-8-6-16(7-9-19)12-21(22(30)31)28-23(32)25(4)10-5-11-29(25)36(33,34)20-14-17(26)13-18(27)15-20/h6-9,13-15,21H,5,10-12H2,1-4H3,(H,28,32)(H,30,31)/t21-,25-/m0/s1. The Balaban J connectivity index is 1.80. The third-order valence-corrected chi connectivity index (χ3v) is 8.31. The smallest absolute Gasteiger partial charge is 0.326 e. The van der Waals surface area contributed by atoms with Gasteiger partial charge in [-0.05, 0) is 76.4 Å². The second kappa shape index (κ2) is 10.6. The van der Waals surface area contributed by atoms with Crippen molar-refractivity contribution in [3.05, 3.63) is 58.1 Å². The lowest BCUT2D eigenvalue weighted by molar-refractivity contribution is -0.143. The first-order valence-corrected chi connectivity index (χ1v) is 13.6. The molecule has 0 aliphatic carbocycles. The van der Waals surface area contributed by atoms with Crippen LogP contribution in [0, 0.1) is 0 Å². The van der Waals surface area contributed by atoms with Crippen molar-refractivity contribution in [1.29, 1.82) is 0 Å². The highest BCUT2D eigenvalue weighted by molar-refractivity contribution is 7.89. The Labute approximate surface area is 221 Å². The van der Waals surface area contributed by atoms with Crippen LogP contribution in [0.3, 0.4) is 0 Å². The Bertz CT molecular complexity index is 1220. The summed E-state index contributed by atoms with van der Waals surface area (Å²) in [6.07, 6.45) is 0.686. The lowest BCUT2D eigenvalue weighted by Crippen LogP contribution is -2.58. The minimum Gasteiger partial charge on any atom is -0.488 e. The van der Waals surface area contributed by atoms with Crippen LogP contribution in [0.5, 0.6) is 5.75 Å². The largest absolute Gasteiger partial charge is 0.488 e. The van der Waals surface area contributed by atoms with Crippen molar-refractivity contribution >= 4 is 45.1 Å². The van der Waals surface area contributed by atoms with Crippen LogP contribution in [0.1, 0.15) is 46.1 Å². The van der Waals surface area contributed by atoms with Gasteiger partial charge in [0.1, 0.15) is 22.9 Å². The van der Waals surface area contributed by atoms with Crippen LogP contribution in [0.15, 0.2) is 47.4 Å². The molecule has 2 aromatic carbocycles. The topological polar surface area (TPSA) is 113 Å². The number of carboxylic acid groups (broad SMARTS) is 1. The molecule has 0 bridgehead atoms. The normalized spacial score (nSPS) is 19.6. The molecular formula is C25H30Cl2N2O6S.